The summed E-state index contributed by atoms with van der Waals surface area (Å²) in [6.45, 7) is 11.4. The molecule has 0 fully saturated rings. The van der Waals surface area contributed by atoms with Gasteiger partial charge in [-0.3, -0.25) is 9.59 Å². The summed E-state index contributed by atoms with van der Waals surface area (Å²) in [6.07, 6.45) is 1.92. The minimum atomic E-state index is -0.883. The lowest BCUT2D eigenvalue weighted by atomic mass is 9.98. The topological polar surface area (TPSA) is 97.0 Å². The van der Waals surface area contributed by atoms with Gasteiger partial charge in [0.25, 0.3) is 5.91 Å². The second-order valence-corrected chi connectivity index (χ2v) is 10.1. The molecule has 1 unspecified atom stereocenters. The highest BCUT2D eigenvalue weighted by atomic mass is 16.6. The summed E-state index contributed by atoms with van der Waals surface area (Å²) in [5.41, 5.74) is 2.72. The van der Waals surface area contributed by atoms with Crippen molar-refractivity contribution in [1.82, 2.24) is 10.2 Å². The summed E-state index contributed by atoms with van der Waals surface area (Å²) in [6, 6.07) is 11.9. The van der Waals surface area contributed by atoms with E-state index in [1.165, 1.54) is 0 Å². The molecule has 0 heterocycles. The Kier molecular flexibility index (Phi) is 11.0. The Morgan fingerprint density at radius 2 is 1.65 bits per heavy atom. The Morgan fingerprint density at radius 3 is 2.22 bits per heavy atom. The van der Waals surface area contributed by atoms with Crippen LogP contribution >= 0.6 is 0 Å². The number of ether oxygens (including phenoxy) is 2. The molecule has 8 nitrogen and oxygen atoms in total. The molecule has 0 aliphatic heterocycles. The molecule has 0 saturated heterocycles. The van der Waals surface area contributed by atoms with E-state index >= 15 is 0 Å². The maximum absolute atomic E-state index is 13.7. The molecule has 2 rings (SSSR count). The first-order valence-corrected chi connectivity index (χ1v) is 12.7. The van der Waals surface area contributed by atoms with Gasteiger partial charge in [-0.1, -0.05) is 38.0 Å². The Hall–Kier alpha value is -3.55. The molecule has 0 radical (unpaired) electrons. The SMILES string of the molecule is CCCCCN(C(=O)CNC(=O)OC(C)(C)C)C(C(=O)Nc1ccc(OC)cc1)c1ccc(C)c(C)c1. The summed E-state index contributed by atoms with van der Waals surface area (Å²) < 4.78 is 10.5. The van der Waals surface area contributed by atoms with Crippen LogP contribution in [-0.4, -0.2) is 48.6 Å². The molecule has 8 heteroatoms. The van der Waals surface area contributed by atoms with Gasteiger partial charge in [0.05, 0.1) is 7.11 Å². The monoisotopic (exact) mass is 511 g/mol. The lowest BCUT2D eigenvalue weighted by molar-refractivity contribution is -0.138. The van der Waals surface area contributed by atoms with Gasteiger partial charge < -0.3 is 25.0 Å². The van der Waals surface area contributed by atoms with E-state index in [1.54, 1.807) is 57.0 Å². The first-order chi connectivity index (χ1) is 17.4. The predicted molar refractivity (Wildman–Crippen MR) is 146 cm³/mol. The van der Waals surface area contributed by atoms with E-state index in [0.717, 1.165) is 30.4 Å². The number of hydrogen-bond donors (Lipinski definition) is 2. The van der Waals surface area contributed by atoms with E-state index in [0.29, 0.717) is 23.5 Å². The number of unbranched alkanes of at least 4 members (excludes halogenated alkanes) is 2. The largest absolute Gasteiger partial charge is 0.497 e. The van der Waals surface area contributed by atoms with Crippen LogP contribution in [0.15, 0.2) is 42.5 Å². The lowest BCUT2D eigenvalue weighted by Crippen LogP contribution is -2.47. The second kappa shape index (κ2) is 13.7. The summed E-state index contributed by atoms with van der Waals surface area (Å²) in [5, 5.41) is 5.49. The number of benzene rings is 2. The molecular formula is C29H41N3O5. The summed E-state index contributed by atoms with van der Waals surface area (Å²) in [4.78, 5) is 40.9. The minimum absolute atomic E-state index is 0.280. The van der Waals surface area contributed by atoms with Gasteiger partial charge in [0.15, 0.2) is 0 Å². The van der Waals surface area contributed by atoms with Crippen LogP contribution in [0, 0.1) is 13.8 Å². The van der Waals surface area contributed by atoms with Crippen molar-refractivity contribution < 1.29 is 23.9 Å². The van der Waals surface area contributed by atoms with Gasteiger partial charge in [-0.05, 0) is 82.0 Å². The number of hydrogen-bond acceptors (Lipinski definition) is 5. The number of anilines is 1. The summed E-state index contributed by atoms with van der Waals surface area (Å²) in [7, 11) is 1.58. The van der Waals surface area contributed by atoms with Crippen LogP contribution in [0.3, 0.4) is 0 Å². The van der Waals surface area contributed by atoms with Gasteiger partial charge >= 0.3 is 6.09 Å². The number of carbonyl (C=O) groups excluding carboxylic acids is 3. The summed E-state index contributed by atoms with van der Waals surface area (Å²) in [5.74, 6) is -0.0288. The highest BCUT2D eigenvalue weighted by Crippen LogP contribution is 2.27. The quantitative estimate of drug-likeness (QED) is 0.386. The fraction of sp³-hybridized carbons (Fsp3) is 0.483. The van der Waals surface area contributed by atoms with E-state index in [4.69, 9.17) is 9.47 Å². The third-order valence-corrected chi connectivity index (χ3v) is 5.87. The van der Waals surface area contributed by atoms with Crippen LogP contribution in [0.1, 0.15) is 69.7 Å². The van der Waals surface area contributed by atoms with Crippen molar-refractivity contribution in [2.24, 2.45) is 0 Å². The molecule has 202 valence electrons. The maximum atomic E-state index is 13.7. The molecule has 0 aromatic heterocycles. The zero-order valence-electron chi connectivity index (χ0n) is 23.1. The molecule has 0 bridgehead atoms. The molecule has 2 aromatic carbocycles. The van der Waals surface area contributed by atoms with Crippen molar-refractivity contribution in [3.05, 3.63) is 59.2 Å². The molecule has 2 aromatic rings. The molecule has 1 atom stereocenters. The standard InChI is InChI=1S/C29H41N3O5/c1-8-9-10-17-32(25(33)19-30-28(35)37-29(4,5)6)26(22-12-11-20(2)21(3)18-22)27(34)31-23-13-15-24(36-7)16-14-23/h11-16,18,26H,8-10,17,19H2,1-7H3,(H,30,35)(H,31,34). The number of aryl methyl sites for hydroxylation is 2. The molecule has 37 heavy (non-hydrogen) atoms. The predicted octanol–water partition coefficient (Wildman–Crippen LogP) is 5.54. The zero-order valence-corrected chi connectivity index (χ0v) is 23.1. The van der Waals surface area contributed by atoms with Crippen molar-refractivity contribution in [3.8, 4) is 5.75 Å². The highest BCUT2D eigenvalue weighted by molar-refractivity contribution is 5.98. The van der Waals surface area contributed by atoms with E-state index in [1.807, 2.05) is 32.0 Å². The van der Waals surface area contributed by atoms with Crippen LogP contribution in [0.5, 0.6) is 5.75 Å². The average Bonchev–Trinajstić information content (AvgIpc) is 2.83. The van der Waals surface area contributed by atoms with Crippen molar-refractivity contribution in [3.63, 3.8) is 0 Å². The van der Waals surface area contributed by atoms with E-state index in [2.05, 4.69) is 17.6 Å². The maximum Gasteiger partial charge on any atom is 0.408 e. The number of alkyl carbamates (subject to hydrolysis) is 1. The van der Waals surface area contributed by atoms with Crippen molar-refractivity contribution >= 4 is 23.6 Å². The van der Waals surface area contributed by atoms with Gasteiger partial charge in [-0.25, -0.2) is 4.79 Å². The number of carbonyl (C=O) groups is 3. The number of nitrogens with zero attached hydrogens (tertiary/aromatic N) is 1. The van der Waals surface area contributed by atoms with Gasteiger partial charge in [0.2, 0.25) is 5.91 Å². The van der Waals surface area contributed by atoms with Gasteiger partial charge in [0.1, 0.15) is 23.9 Å². The van der Waals surface area contributed by atoms with E-state index < -0.39 is 17.7 Å². The normalized spacial score (nSPS) is 11.9. The van der Waals surface area contributed by atoms with Crippen molar-refractivity contribution in [2.75, 3.05) is 25.5 Å². The van der Waals surface area contributed by atoms with Gasteiger partial charge in [-0.2, -0.15) is 0 Å². The number of methoxy groups -OCH3 is 1. The van der Waals surface area contributed by atoms with Crippen LogP contribution in [-0.2, 0) is 14.3 Å². The van der Waals surface area contributed by atoms with Crippen LogP contribution < -0.4 is 15.4 Å². The lowest BCUT2D eigenvalue weighted by Gasteiger charge is -2.32. The van der Waals surface area contributed by atoms with Crippen LogP contribution in [0.4, 0.5) is 10.5 Å². The fourth-order valence-electron chi connectivity index (χ4n) is 3.79. The molecular weight excluding hydrogens is 470 g/mol. The number of rotatable bonds is 11. The van der Waals surface area contributed by atoms with Crippen molar-refractivity contribution in [2.45, 2.75) is 72.4 Å². The molecule has 0 aliphatic carbocycles. The molecule has 2 N–H and O–H groups in total. The van der Waals surface area contributed by atoms with Crippen molar-refractivity contribution in [1.29, 1.82) is 0 Å². The average molecular weight is 512 g/mol. The smallest absolute Gasteiger partial charge is 0.408 e. The van der Waals surface area contributed by atoms with Gasteiger partial charge in [-0.15, -0.1) is 0 Å². The second-order valence-electron chi connectivity index (χ2n) is 10.1. The Labute approximate surface area is 220 Å². The van der Waals surface area contributed by atoms with Crippen LogP contribution in [0.2, 0.25) is 0 Å². The zero-order chi connectivity index (χ0) is 27.6. The number of amides is 3. The third kappa shape index (κ3) is 9.44. The highest BCUT2D eigenvalue weighted by Gasteiger charge is 2.32. The first kappa shape index (κ1) is 29.7. The van der Waals surface area contributed by atoms with Gasteiger partial charge in [0, 0.05) is 12.2 Å². The van der Waals surface area contributed by atoms with E-state index in [9.17, 15) is 14.4 Å². The fourth-order valence-corrected chi connectivity index (χ4v) is 3.79. The Balaban J connectivity index is 2.38. The first-order valence-electron chi connectivity index (χ1n) is 12.7. The molecule has 3 amide bonds. The van der Waals surface area contributed by atoms with E-state index in [-0.39, 0.29) is 18.4 Å². The van der Waals surface area contributed by atoms with Crippen LogP contribution in [0.25, 0.3) is 0 Å². The Bertz CT molecular complexity index is 1060. The third-order valence-electron chi connectivity index (χ3n) is 5.87. The molecule has 0 saturated carbocycles. The molecule has 0 spiro atoms. The minimum Gasteiger partial charge on any atom is -0.497 e. The summed E-state index contributed by atoms with van der Waals surface area (Å²) >= 11 is 0. The molecule has 0 aliphatic rings. The number of nitrogens with one attached hydrogen (secondary N) is 2. The Morgan fingerprint density at radius 1 is 0.973 bits per heavy atom.